The average molecular weight is 622 g/mol. The zero-order chi connectivity index (χ0) is 27.5. The van der Waals surface area contributed by atoms with Crippen LogP contribution in [-0.2, 0) is 35.1 Å². The molecule has 5 N–H and O–H groups in total. The smallest absolute Gasteiger partial charge is 0.731 e. The van der Waals surface area contributed by atoms with Gasteiger partial charge in [-0.3, -0.25) is 14.4 Å². The number of amides is 5. The Morgan fingerprint density at radius 2 is 1.62 bits per heavy atom. The maximum atomic E-state index is 13.0. The molecule has 3 atom stereocenters. The van der Waals surface area contributed by atoms with Crippen molar-refractivity contribution in [2.45, 2.75) is 18.1 Å². The van der Waals surface area contributed by atoms with Crippen LogP contribution in [0.1, 0.15) is 22.5 Å². The fourth-order valence-corrected chi connectivity index (χ4v) is 4.98. The van der Waals surface area contributed by atoms with E-state index in [0.717, 1.165) is 35.6 Å². The van der Waals surface area contributed by atoms with Gasteiger partial charge in [0.2, 0.25) is 11.8 Å². The van der Waals surface area contributed by atoms with E-state index in [1.54, 1.807) is 11.4 Å². The van der Waals surface area contributed by atoms with Crippen molar-refractivity contribution in [3.05, 3.63) is 52.2 Å². The van der Waals surface area contributed by atoms with E-state index in [4.69, 9.17) is 5.73 Å². The number of β-lactam (4-membered cyclic amide) rings is 1. The average Bonchev–Trinajstić information content (AvgIpc) is 3.31. The van der Waals surface area contributed by atoms with Gasteiger partial charge < -0.3 is 35.0 Å². The number of rotatable bonds is 10. The van der Waals surface area contributed by atoms with Crippen LogP contribution in [0.4, 0.5) is 4.79 Å². The van der Waals surface area contributed by atoms with Crippen LogP contribution < -0.4 is 85.0 Å². The van der Waals surface area contributed by atoms with E-state index in [9.17, 15) is 45.1 Å². The molecule has 5 amide bonds. The Hall–Kier alpha value is -1.78. The minimum absolute atomic E-state index is 0. The van der Waals surface area contributed by atoms with Crippen LogP contribution >= 0.6 is 11.3 Å². The summed E-state index contributed by atoms with van der Waals surface area (Å²) in [5.41, 5.74) is 5.16. The molecule has 200 valence electrons. The first kappa shape index (κ1) is 35.2. The molecule has 0 aliphatic carbocycles. The fraction of sp³-hybridized carbons (Fsp3) is 0.222. The van der Waals surface area contributed by atoms with Crippen LogP contribution in [0.15, 0.2) is 41.8 Å². The van der Waals surface area contributed by atoms with Crippen LogP contribution in [0.2, 0.25) is 0 Å². The molecule has 3 rings (SSSR count). The van der Waals surface area contributed by atoms with Gasteiger partial charge in [0.05, 0.1) is 6.54 Å². The molecule has 1 aromatic carbocycles. The maximum absolute atomic E-state index is 13.0. The summed E-state index contributed by atoms with van der Waals surface area (Å²) >= 11 is 1.09. The van der Waals surface area contributed by atoms with Gasteiger partial charge >= 0.3 is 65.1 Å². The molecule has 3 unspecified atom stereocenters. The Balaban J connectivity index is 0.00000380. The van der Waals surface area contributed by atoms with Crippen molar-refractivity contribution in [3.63, 3.8) is 0 Å². The van der Waals surface area contributed by atoms with Crippen molar-refractivity contribution >= 4 is 55.8 Å². The van der Waals surface area contributed by atoms with Gasteiger partial charge in [-0.05, 0) is 29.1 Å². The summed E-state index contributed by atoms with van der Waals surface area (Å²) < 4.78 is 69.6. The van der Waals surface area contributed by atoms with E-state index in [2.05, 4.69) is 20.1 Å². The van der Waals surface area contributed by atoms with Crippen LogP contribution in [0.5, 0.6) is 5.75 Å². The second-order valence-corrected chi connectivity index (χ2v) is 10.6. The third-order valence-corrected chi connectivity index (χ3v) is 7.02. The van der Waals surface area contributed by atoms with Gasteiger partial charge in [-0.1, -0.05) is 18.2 Å². The topological polar surface area (TPSA) is 257 Å². The number of carbonyl (C=O) groups excluding carboxylic acids is 4. The third-order valence-electron chi connectivity index (χ3n) is 4.82. The van der Waals surface area contributed by atoms with Crippen LogP contribution in [0.25, 0.3) is 0 Å². The minimum Gasteiger partial charge on any atom is -0.731 e. The van der Waals surface area contributed by atoms with Gasteiger partial charge in [0.15, 0.2) is 10.3 Å². The first-order chi connectivity index (χ1) is 17.2. The molecular weight excluding hydrogens is 604 g/mol. The normalized spacial score (nSPS) is 16.3. The van der Waals surface area contributed by atoms with Crippen LogP contribution in [0, 0.1) is 0 Å². The van der Waals surface area contributed by atoms with Gasteiger partial charge in [0.25, 0.3) is 16.3 Å². The number of nitrogens with two attached hydrogens (primary N) is 1. The molecule has 1 saturated heterocycles. The molecule has 1 aliphatic heterocycles. The quantitative estimate of drug-likeness (QED) is 0.0838. The molecule has 1 aromatic heterocycles. The first-order valence-corrected chi connectivity index (χ1v) is 13.5. The SMILES string of the molecule is NC(=O)NC(C(=O)NC(C(=O)NC1CN(S(=O)(=O)[O-])C1=O)c1ccc(OS(=O)(=O)[O-])cc1)c1cccs1.[Na+].[Na+]. The second-order valence-electron chi connectivity index (χ2n) is 7.35. The molecule has 2 aromatic rings. The Kier molecular flexibility index (Phi) is 12.8. The number of primary amides is 1. The van der Waals surface area contributed by atoms with Crippen molar-refractivity contribution in [3.8, 4) is 5.75 Å². The standard InChI is InChI=1S/C18H19N5O11S3.2Na/c19-18(27)22-14(12-2-1-7-35-12)16(25)21-13(9-3-5-10(6-4-9)34-37(31,32)33)15(24)20-11-8-23(17(11)26)36(28,29)30;;/h1-7,11,13-14H,8H2,(H,20,24)(H,21,25)(H3,19,22,27)(H,28,29,30)(H,31,32,33);;/q;2*+1/p-2. The number of benzene rings is 1. The molecule has 1 fully saturated rings. The number of hydrogen-bond acceptors (Lipinski definition) is 12. The van der Waals surface area contributed by atoms with Crippen molar-refractivity contribution < 1.29 is 108 Å². The van der Waals surface area contributed by atoms with E-state index in [1.165, 1.54) is 6.07 Å². The molecule has 2 heterocycles. The summed E-state index contributed by atoms with van der Waals surface area (Å²) in [7, 11) is -10.2. The van der Waals surface area contributed by atoms with Crippen molar-refractivity contribution in [1.82, 2.24) is 20.3 Å². The largest absolute Gasteiger partial charge is 1.00 e. The number of carbonyl (C=O) groups is 4. The molecule has 0 saturated carbocycles. The molecule has 16 nitrogen and oxygen atoms in total. The molecule has 1 aliphatic rings. The van der Waals surface area contributed by atoms with Crippen molar-refractivity contribution in [2.24, 2.45) is 5.73 Å². The van der Waals surface area contributed by atoms with E-state index >= 15 is 0 Å². The summed E-state index contributed by atoms with van der Waals surface area (Å²) in [5, 5.41) is 8.41. The van der Waals surface area contributed by atoms with Gasteiger partial charge in [0, 0.05) is 4.88 Å². The number of hydrogen-bond donors (Lipinski definition) is 4. The minimum atomic E-state index is -5.10. The van der Waals surface area contributed by atoms with Gasteiger partial charge in [-0.25, -0.2) is 25.9 Å². The maximum Gasteiger partial charge on any atom is 1.00 e. The Morgan fingerprint density at radius 1 is 1.00 bits per heavy atom. The van der Waals surface area contributed by atoms with Crippen LogP contribution in [-0.4, -0.2) is 66.6 Å². The number of nitrogens with zero attached hydrogens (tertiary/aromatic N) is 1. The summed E-state index contributed by atoms with van der Waals surface area (Å²) in [6, 6.07) is 2.03. The number of urea groups is 1. The van der Waals surface area contributed by atoms with Gasteiger partial charge in [-0.2, -0.15) is 0 Å². The van der Waals surface area contributed by atoms with E-state index in [1.807, 2.05) is 0 Å². The summed E-state index contributed by atoms with van der Waals surface area (Å²) in [6.45, 7) is -0.633. The molecule has 0 bridgehead atoms. The zero-order valence-corrected chi connectivity index (χ0v) is 26.7. The first-order valence-electron chi connectivity index (χ1n) is 9.88. The monoisotopic (exact) mass is 621 g/mol. The number of thiophene rings is 1. The summed E-state index contributed by atoms with van der Waals surface area (Å²) in [5.74, 6) is -3.53. The molecular formula is C18H17N5Na2O11S3. The Bertz CT molecular complexity index is 1420. The fourth-order valence-electron chi connectivity index (χ4n) is 3.18. The van der Waals surface area contributed by atoms with Crippen LogP contribution in [0.3, 0.4) is 0 Å². The number of nitrogens with one attached hydrogen (secondary N) is 3. The molecule has 39 heavy (non-hydrogen) atoms. The van der Waals surface area contributed by atoms with E-state index in [0.29, 0.717) is 4.88 Å². The molecule has 21 heteroatoms. The zero-order valence-electron chi connectivity index (χ0n) is 20.2. The predicted molar refractivity (Wildman–Crippen MR) is 121 cm³/mol. The molecule has 0 radical (unpaired) electrons. The predicted octanol–water partition coefficient (Wildman–Crippen LogP) is -8.05. The van der Waals surface area contributed by atoms with E-state index < -0.39 is 74.9 Å². The summed E-state index contributed by atoms with van der Waals surface area (Å²) in [6.07, 6.45) is 0. The van der Waals surface area contributed by atoms with Crippen molar-refractivity contribution in [2.75, 3.05) is 6.54 Å². The molecule has 0 spiro atoms. The Morgan fingerprint density at radius 3 is 2.08 bits per heavy atom. The van der Waals surface area contributed by atoms with E-state index in [-0.39, 0.29) is 69.0 Å². The summed E-state index contributed by atoms with van der Waals surface area (Å²) in [4.78, 5) is 49.8. The third kappa shape index (κ3) is 9.67. The van der Waals surface area contributed by atoms with Gasteiger partial charge in [-0.15, -0.1) is 11.3 Å². The second kappa shape index (κ2) is 14.2. The van der Waals surface area contributed by atoms with Gasteiger partial charge in [0.1, 0.15) is 23.9 Å². The Labute approximate surface area is 270 Å². The van der Waals surface area contributed by atoms with Crippen molar-refractivity contribution in [1.29, 1.82) is 0 Å².